The first-order valence-electron chi connectivity index (χ1n) is 9.43. The number of aryl methyl sites for hydroxylation is 2. The molecule has 0 heterocycles. The third-order valence-electron chi connectivity index (χ3n) is 5.53. The molecule has 0 saturated carbocycles. The van der Waals surface area contributed by atoms with Crippen molar-refractivity contribution in [2.24, 2.45) is 5.92 Å². The van der Waals surface area contributed by atoms with Gasteiger partial charge in [-0.05, 0) is 54.9 Å². The molecule has 0 aliphatic carbocycles. The third-order valence-corrected chi connectivity index (χ3v) is 7.39. The minimum atomic E-state index is -4.47. The van der Waals surface area contributed by atoms with E-state index < -0.39 is 32.1 Å². The molecule has 8 heteroatoms. The van der Waals surface area contributed by atoms with Gasteiger partial charge in [0.25, 0.3) is 20.2 Å². The lowest BCUT2D eigenvalue weighted by molar-refractivity contribution is 0.385. The van der Waals surface area contributed by atoms with Crippen LogP contribution >= 0.6 is 0 Å². The summed E-state index contributed by atoms with van der Waals surface area (Å²) in [6.07, 6.45) is 0.709. The van der Waals surface area contributed by atoms with Gasteiger partial charge >= 0.3 is 0 Å². The fourth-order valence-corrected chi connectivity index (χ4v) is 5.45. The van der Waals surface area contributed by atoms with Crippen molar-refractivity contribution in [3.8, 4) is 0 Å². The standard InChI is InChI=1S/C21H28O6S2/c1-6-15(4)21(18-12-14(3)8-10-20(18)29(25,26)27)16(5)17-11-13(2)7-9-19(17)28(22,23)24/h7-12,15-16,21H,6H2,1-5H3,(H,22,23,24)(H,25,26,27). The van der Waals surface area contributed by atoms with Crippen LogP contribution in [0.3, 0.4) is 0 Å². The van der Waals surface area contributed by atoms with Gasteiger partial charge < -0.3 is 0 Å². The van der Waals surface area contributed by atoms with Gasteiger partial charge in [-0.25, -0.2) is 0 Å². The van der Waals surface area contributed by atoms with Gasteiger partial charge in [0.15, 0.2) is 0 Å². The van der Waals surface area contributed by atoms with E-state index in [1.54, 1.807) is 24.3 Å². The molecule has 0 aromatic heterocycles. The van der Waals surface area contributed by atoms with Crippen molar-refractivity contribution >= 4 is 20.2 Å². The number of hydrogen-bond donors (Lipinski definition) is 2. The summed E-state index contributed by atoms with van der Waals surface area (Å²) in [6.45, 7) is 9.38. The van der Waals surface area contributed by atoms with E-state index in [0.29, 0.717) is 17.5 Å². The van der Waals surface area contributed by atoms with Crippen molar-refractivity contribution in [1.82, 2.24) is 0 Å². The zero-order valence-corrected chi connectivity index (χ0v) is 18.9. The van der Waals surface area contributed by atoms with E-state index in [4.69, 9.17) is 0 Å². The minimum absolute atomic E-state index is 0.0259. The molecule has 29 heavy (non-hydrogen) atoms. The van der Waals surface area contributed by atoms with E-state index >= 15 is 0 Å². The maximum atomic E-state index is 12.0. The molecule has 2 rings (SSSR count). The highest BCUT2D eigenvalue weighted by molar-refractivity contribution is 7.86. The van der Waals surface area contributed by atoms with Gasteiger partial charge in [0.05, 0.1) is 9.79 Å². The Hall–Kier alpha value is -1.74. The molecule has 3 unspecified atom stereocenters. The molecular weight excluding hydrogens is 412 g/mol. The van der Waals surface area contributed by atoms with E-state index in [9.17, 15) is 25.9 Å². The van der Waals surface area contributed by atoms with Crippen molar-refractivity contribution in [3.63, 3.8) is 0 Å². The molecule has 0 bridgehead atoms. The first kappa shape index (κ1) is 23.5. The molecule has 0 fully saturated rings. The van der Waals surface area contributed by atoms with Gasteiger partial charge in [-0.1, -0.05) is 62.6 Å². The van der Waals surface area contributed by atoms with Crippen LogP contribution in [0.2, 0.25) is 0 Å². The van der Waals surface area contributed by atoms with Crippen LogP contribution in [-0.2, 0) is 20.2 Å². The Labute approximate surface area is 173 Å². The molecule has 0 spiro atoms. The average Bonchev–Trinajstić information content (AvgIpc) is 2.59. The Morgan fingerprint density at radius 3 is 1.62 bits per heavy atom. The molecular formula is C21H28O6S2. The lowest BCUT2D eigenvalue weighted by Gasteiger charge is -2.32. The fraction of sp³-hybridized carbons (Fsp3) is 0.429. The second-order valence-electron chi connectivity index (χ2n) is 7.73. The summed E-state index contributed by atoms with van der Waals surface area (Å²) in [5.41, 5.74) is 2.51. The number of rotatable bonds is 7. The molecule has 2 aromatic carbocycles. The van der Waals surface area contributed by atoms with E-state index in [-0.39, 0.29) is 15.7 Å². The molecule has 0 radical (unpaired) electrons. The van der Waals surface area contributed by atoms with Crippen LogP contribution < -0.4 is 0 Å². The van der Waals surface area contributed by atoms with E-state index in [0.717, 1.165) is 11.1 Å². The Morgan fingerprint density at radius 1 is 0.793 bits per heavy atom. The highest BCUT2D eigenvalue weighted by Crippen LogP contribution is 2.44. The van der Waals surface area contributed by atoms with Crippen molar-refractivity contribution < 1.29 is 25.9 Å². The van der Waals surface area contributed by atoms with Crippen molar-refractivity contribution in [2.45, 2.75) is 62.7 Å². The summed E-state index contributed by atoms with van der Waals surface area (Å²) in [4.78, 5) is -0.369. The third kappa shape index (κ3) is 5.25. The van der Waals surface area contributed by atoms with Crippen LogP contribution in [-0.4, -0.2) is 25.9 Å². The second kappa shape index (κ2) is 8.55. The molecule has 0 aliphatic heterocycles. The Kier molecular flexibility index (Phi) is 6.94. The second-order valence-corrected chi connectivity index (χ2v) is 10.5. The van der Waals surface area contributed by atoms with Crippen LogP contribution in [0, 0.1) is 19.8 Å². The predicted molar refractivity (Wildman–Crippen MR) is 113 cm³/mol. The number of benzene rings is 2. The molecule has 160 valence electrons. The monoisotopic (exact) mass is 440 g/mol. The van der Waals surface area contributed by atoms with Crippen LogP contribution in [0.5, 0.6) is 0 Å². The Morgan fingerprint density at radius 2 is 1.21 bits per heavy atom. The SMILES string of the molecule is CCC(C)C(c1cc(C)ccc1S(=O)(=O)O)C(C)c1cc(C)ccc1S(=O)(=O)O. The Bertz CT molecular complexity index is 1100. The smallest absolute Gasteiger partial charge is 0.282 e. The Balaban J connectivity index is 2.81. The highest BCUT2D eigenvalue weighted by atomic mass is 32.2. The van der Waals surface area contributed by atoms with Crippen molar-refractivity contribution in [1.29, 1.82) is 0 Å². The summed E-state index contributed by atoms with van der Waals surface area (Å²) in [5, 5.41) is 0. The highest BCUT2D eigenvalue weighted by Gasteiger charge is 2.33. The molecule has 2 aromatic rings. The first-order chi connectivity index (χ1) is 13.3. The molecule has 6 nitrogen and oxygen atoms in total. The summed E-state index contributed by atoms with van der Waals surface area (Å²) in [7, 11) is -8.92. The van der Waals surface area contributed by atoms with Gasteiger partial charge in [0, 0.05) is 0 Å². The van der Waals surface area contributed by atoms with Crippen LogP contribution in [0.15, 0.2) is 46.2 Å². The van der Waals surface area contributed by atoms with E-state index in [2.05, 4.69) is 0 Å². The van der Waals surface area contributed by atoms with Crippen LogP contribution in [0.25, 0.3) is 0 Å². The normalized spacial score (nSPS) is 15.7. The van der Waals surface area contributed by atoms with Gasteiger partial charge in [0.1, 0.15) is 0 Å². The van der Waals surface area contributed by atoms with E-state index in [1.165, 1.54) is 12.1 Å². The van der Waals surface area contributed by atoms with Gasteiger partial charge in [-0.15, -0.1) is 0 Å². The zero-order valence-electron chi connectivity index (χ0n) is 17.2. The van der Waals surface area contributed by atoms with E-state index in [1.807, 2.05) is 34.6 Å². The first-order valence-corrected chi connectivity index (χ1v) is 12.3. The largest absolute Gasteiger partial charge is 0.294 e. The van der Waals surface area contributed by atoms with Crippen LogP contribution in [0.4, 0.5) is 0 Å². The molecule has 3 atom stereocenters. The maximum Gasteiger partial charge on any atom is 0.294 e. The molecule has 0 aliphatic rings. The van der Waals surface area contributed by atoms with Crippen molar-refractivity contribution in [2.75, 3.05) is 0 Å². The van der Waals surface area contributed by atoms with Gasteiger partial charge in [-0.3, -0.25) is 9.11 Å². The lowest BCUT2D eigenvalue weighted by atomic mass is 9.74. The minimum Gasteiger partial charge on any atom is -0.282 e. The summed E-state index contributed by atoms with van der Waals surface area (Å²) >= 11 is 0. The molecule has 0 saturated heterocycles. The van der Waals surface area contributed by atoms with Gasteiger partial charge in [0.2, 0.25) is 0 Å². The predicted octanol–water partition coefficient (Wildman–Crippen LogP) is 4.73. The number of hydrogen-bond acceptors (Lipinski definition) is 4. The summed E-state index contributed by atoms with van der Waals surface area (Å²) < 4.78 is 67.5. The summed E-state index contributed by atoms with van der Waals surface area (Å²) in [6, 6.07) is 9.38. The quantitative estimate of drug-likeness (QED) is 0.603. The average molecular weight is 441 g/mol. The zero-order chi connectivity index (χ0) is 22.1. The summed E-state index contributed by atoms with van der Waals surface area (Å²) in [5.74, 6) is -0.870. The fourth-order valence-electron chi connectivity index (χ4n) is 3.94. The van der Waals surface area contributed by atoms with Crippen LogP contribution in [0.1, 0.15) is 61.3 Å². The van der Waals surface area contributed by atoms with Gasteiger partial charge in [-0.2, -0.15) is 16.8 Å². The molecule has 0 amide bonds. The lowest BCUT2D eigenvalue weighted by Crippen LogP contribution is -2.21. The molecule has 2 N–H and O–H groups in total. The maximum absolute atomic E-state index is 12.0. The topological polar surface area (TPSA) is 109 Å². The van der Waals surface area contributed by atoms with Crippen molar-refractivity contribution in [3.05, 3.63) is 58.7 Å².